The molecular formula is C19H20F2N2O3. The van der Waals surface area contributed by atoms with Gasteiger partial charge in [0.25, 0.3) is 0 Å². The maximum Gasteiger partial charge on any atom is 0.241 e. The number of hydrogen-bond acceptors (Lipinski definition) is 4. The molecule has 0 bridgehead atoms. The van der Waals surface area contributed by atoms with Crippen LogP contribution in [0.25, 0.3) is 0 Å². The zero-order valence-corrected chi connectivity index (χ0v) is 14.6. The largest absolute Gasteiger partial charge is 0.486 e. The molecule has 138 valence electrons. The summed E-state index contributed by atoms with van der Waals surface area (Å²) in [6.45, 7) is 3.25. The third kappa shape index (κ3) is 4.11. The van der Waals surface area contributed by atoms with Crippen LogP contribution < -0.4 is 14.8 Å². The highest BCUT2D eigenvalue weighted by molar-refractivity contribution is 5.94. The molecule has 1 heterocycles. The van der Waals surface area contributed by atoms with E-state index in [1.165, 1.54) is 6.07 Å². The number of amides is 1. The highest BCUT2D eigenvalue weighted by Gasteiger charge is 2.20. The van der Waals surface area contributed by atoms with E-state index in [0.717, 1.165) is 17.7 Å². The molecule has 0 saturated heterocycles. The van der Waals surface area contributed by atoms with Crippen LogP contribution in [0, 0.1) is 11.6 Å². The average Bonchev–Trinajstić information content (AvgIpc) is 2.63. The fourth-order valence-electron chi connectivity index (χ4n) is 2.64. The molecule has 0 spiro atoms. The number of halogens is 2. The van der Waals surface area contributed by atoms with Gasteiger partial charge in [-0.1, -0.05) is 6.07 Å². The summed E-state index contributed by atoms with van der Waals surface area (Å²) in [6.07, 6.45) is 0. The molecule has 0 unspecified atom stereocenters. The van der Waals surface area contributed by atoms with Gasteiger partial charge in [-0.05, 0) is 43.8 Å². The van der Waals surface area contributed by atoms with Crippen molar-refractivity contribution in [2.24, 2.45) is 0 Å². The lowest BCUT2D eigenvalue weighted by molar-refractivity contribution is -0.120. The number of benzene rings is 2. The Morgan fingerprint density at radius 3 is 2.62 bits per heavy atom. The van der Waals surface area contributed by atoms with Crippen LogP contribution in [0.3, 0.4) is 0 Å². The molecule has 0 radical (unpaired) electrons. The third-order valence-electron chi connectivity index (χ3n) is 4.27. The van der Waals surface area contributed by atoms with E-state index in [2.05, 4.69) is 5.32 Å². The maximum atomic E-state index is 13.7. The number of nitrogens with one attached hydrogen (secondary N) is 1. The predicted octanol–water partition coefficient (Wildman–Crippen LogP) is 3.20. The topological polar surface area (TPSA) is 50.8 Å². The van der Waals surface area contributed by atoms with Crippen LogP contribution in [0.15, 0.2) is 36.4 Å². The van der Waals surface area contributed by atoms with Gasteiger partial charge in [-0.15, -0.1) is 0 Å². The van der Waals surface area contributed by atoms with Gasteiger partial charge in [-0.25, -0.2) is 8.78 Å². The van der Waals surface area contributed by atoms with E-state index in [1.54, 1.807) is 14.0 Å². The molecule has 0 aromatic heterocycles. The number of carbonyl (C=O) groups is 1. The highest BCUT2D eigenvalue weighted by Crippen LogP contribution is 2.31. The fourth-order valence-corrected chi connectivity index (χ4v) is 2.64. The molecule has 0 aliphatic carbocycles. The minimum absolute atomic E-state index is 0.0454. The smallest absolute Gasteiger partial charge is 0.241 e. The van der Waals surface area contributed by atoms with E-state index in [0.29, 0.717) is 31.3 Å². The first-order chi connectivity index (χ1) is 12.4. The molecule has 3 rings (SSSR count). The Bertz CT molecular complexity index is 813. The minimum atomic E-state index is -0.806. The lowest BCUT2D eigenvalue weighted by Crippen LogP contribution is -2.39. The number of ether oxygens (including phenoxy) is 2. The number of rotatable bonds is 5. The lowest BCUT2D eigenvalue weighted by atomic mass is 10.1. The summed E-state index contributed by atoms with van der Waals surface area (Å²) in [5.74, 6) is -0.479. The molecule has 1 amide bonds. The van der Waals surface area contributed by atoms with Crippen LogP contribution in [0.1, 0.15) is 12.5 Å². The lowest BCUT2D eigenvalue weighted by Gasteiger charge is -2.25. The molecule has 0 fully saturated rings. The van der Waals surface area contributed by atoms with Crippen molar-refractivity contribution in [3.8, 4) is 11.5 Å². The molecule has 2 aromatic carbocycles. The van der Waals surface area contributed by atoms with Gasteiger partial charge in [0.15, 0.2) is 11.5 Å². The van der Waals surface area contributed by atoms with E-state index in [9.17, 15) is 13.6 Å². The van der Waals surface area contributed by atoms with E-state index in [4.69, 9.17) is 9.47 Å². The summed E-state index contributed by atoms with van der Waals surface area (Å²) in [6, 6.07) is 8.16. The van der Waals surface area contributed by atoms with Crippen molar-refractivity contribution >= 4 is 11.6 Å². The predicted molar refractivity (Wildman–Crippen MR) is 93.3 cm³/mol. The molecule has 26 heavy (non-hydrogen) atoms. The number of nitrogens with zero attached hydrogens (tertiary/aromatic N) is 1. The monoisotopic (exact) mass is 362 g/mol. The molecule has 1 N–H and O–H groups in total. The van der Waals surface area contributed by atoms with Gasteiger partial charge in [0.1, 0.15) is 24.8 Å². The van der Waals surface area contributed by atoms with Crippen molar-refractivity contribution in [3.63, 3.8) is 0 Å². The number of anilines is 1. The Labute approximate surface area is 150 Å². The number of likely N-dealkylation sites (N-methyl/N-ethyl adjacent to an activating group) is 1. The van der Waals surface area contributed by atoms with Crippen LogP contribution >= 0.6 is 0 Å². The summed E-state index contributed by atoms with van der Waals surface area (Å²) in [4.78, 5) is 14.2. The molecular weight excluding hydrogens is 342 g/mol. The second-order valence-electron chi connectivity index (χ2n) is 6.18. The van der Waals surface area contributed by atoms with E-state index in [-0.39, 0.29) is 11.6 Å². The Hall–Kier alpha value is -2.67. The number of carbonyl (C=O) groups excluding carboxylic acids is 1. The van der Waals surface area contributed by atoms with Gasteiger partial charge in [0.05, 0.1) is 11.7 Å². The zero-order chi connectivity index (χ0) is 18.7. The average molecular weight is 362 g/mol. The highest BCUT2D eigenvalue weighted by atomic mass is 19.1. The van der Waals surface area contributed by atoms with Crippen LogP contribution in [0.5, 0.6) is 11.5 Å². The van der Waals surface area contributed by atoms with Gasteiger partial charge in [0, 0.05) is 12.6 Å². The third-order valence-corrected chi connectivity index (χ3v) is 4.27. The Morgan fingerprint density at radius 1 is 1.15 bits per heavy atom. The van der Waals surface area contributed by atoms with Crippen LogP contribution in [-0.4, -0.2) is 37.1 Å². The fraction of sp³-hybridized carbons (Fsp3) is 0.316. The quantitative estimate of drug-likeness (QED) is 0.888. The number of fused-ring (bicyclic) bond motifs is 1. The second-order valence-corrected chi connectivity index (χ2v) is 6.18. The van der Waals surface area contributed by atoms with Crippen molar-refractivity contribution in [1.29, 1.82) is 0 Å². The van der Waals surface area contributed by atoms with Gasteiger partial charge in [0.2, 0.25) is 5.91 Å². The van der Waals surface area contributed by atoms with Crippen LogP contribution in [0.2, 0.25) is 0 Å². The summed E-state index contributed by atoms with van der Waals surface area (Å²) >= 11 is 0. The molecule has 7 heteroatoms. The summed E-state index contributed by atoms with van der Waals surface area (Å²) < 4.78 is 37.7. The van der Waals surface area contributed by atoms with Crippen molar-refractivity contribution < 1.29 is 23.0 Å². The van der Waals surface area contributed by atoms with Gasteiger partial charge in [-0.2, -0.15) is 0 Å². The summed E-state index contributed by atoms with van der Waals surface area (Å²) in [7, 11) is 1.79. The molecule has 5 nitrogen and oxygen atoms in total. The van der Waals surface area contributed by atoms with E-state index >= 15 is 0 Å². The molecule has 0 saturated carbocycles. The zero-order valence-electron chi connectivity index (χ0n) is 14.6. The Balaban J connectivity index is 1.63. The van der Waals surface area contributed by atoms with Crippen LogP contribution in [-0.2, 0) is 11.3 Å². The first kappa shape index (κ1) is 18.1. The van der Waals surface area contributed by atoms with Crippen molar-refractivity contribution in [3.05, 3.63) is 53.6 Å². The second kappa shape index (κ2) is 7.70. The van der Waals surface area contributed by atoms with Gasteiger partial charge in [-0.3, -0.25) is 9.69 Å². The Kier molecular flexibility index (Phi) is 5.37. The molecule has 1 aliphatic heterocycles. The van der Waals surface area contributed by atoms with Gasteiger partial charge < -0.3 is 14.8 Å². The van der Waals surface area contributed by atoms with Crippen molar-refractivity contribution in [2.75, 3.05) is 25.6 Å². The first-order valence-electron chi connectivity index (χ1n) is 8.28. The minimum Gasteiger partial charge on any atom is -0.486 e. The van der Waals surface area contributed by atoms with Crippen LogP contribution in [0.4, 0.5) is 14.5 Å². The van der Waals surface area contributed by atoms with Gasteiger partial charge >= 0.3 is 0 Å². The van der Waals surface area contributed by atoms with E-state index in [1.807, 2.05) is 23.1 Å². The summed E-state index contributed by atoms with van der Waals surface area (Å²) in [5, 5.41) is 2.49. The van der Waals surface area contributed by atoms with Crippen molar-refractivity contribution in [2.45, 2.75) is 19.5 Å². The van der Waals surface area contributed by atoms with Crippen molar-refractivity contribution in [1.82, 2.24) is 4.90 Å². The maximum absolute atomic E-state index is 13.7. The first-order valence-corrected chi connectivity index (χ1v) is 8.28. The standard InChI is InChI=1S/C19H20F2N2O3/c1-12(19(24)22-16-5-4-14(20)10-15(16)21)23(2)11-13-3-6-17-18(9-13)26-8-7-25-17/h3-6,9-10,12H,7-8,11H2,1-2H3,(H,22,24)/t12-/m1/s1. The molecule has 1 atom stereocenters. The van der Waals surface area contributed by atoms with E-state index < -0.39 is 17.7 Å². The SMILES string of the molecule is C[C@H](C(=O)Nc1ccc(F)cc1F)N(C)Cc1ccc2c(c1)OCCO2. The Morgan fingerprint density at radius 2 is 1.88 bits per heavy atom. The normalized spacial score (nSPS) is 14.2. The molecule has 1 aliphatic rings. The summed E-state index contributed by atoms with van der Waals surface area (Å²) in [5.41, 5.74) is 0.917. The molecule has 2 aromatic rings. The number of hydrogen-bond donors (Lipinski definition) is 1.